The zero-order valence-corrected chi connectivity index (χ0v) is 35.8. The number of aromatic nitrogens is 3. The number of anilines is 3. The lowest BCUT2D eigenvalue weighted by Gasteiger charge is -2.26. The third-order valence-corrected chi connectivity index (χ3v) is 11.8. The Morgan fingerprint density at radius 2 is 0.694 bits per heavy atom. The quantitative estimate of drug-likeness (QED) is 0.0681. The summed E-state index contributed by atoms with van der Waals surface area (Å²) < 4.78 is 35.9. The first-order valence-electron chi connectivity index (χ1n) is 22.0. The second-order valence-electron chi connectivity index (χ2n) is 15.4. The topological polar surface area (TPSA) is 84.4 Å². The molecular formula is C52H56N4O6. The highest BCUT2D eigenvalue weighted by molar-refractivity contribution is 6.13. The van der Waals surface area contributed by atoms with E-state index >= 15 is 0 Å². The van der Waals surface area contributed by atoms with Crippen LogP contribution in [0.1, 0.15) is 13.8 Å². The van der Waals surface area contributed by atoms with Crippen molar-refractivity contribution in [2.24, 2.45) is 0 Å². The normalized spacial score (nSPS) is 12.0. The van der Waals surface area contributed by atoms with Crippen molar-refractivity contribution in [2.45, 2.75) is 33.5 Å². The van der Waals surface area contributed by atoms with Crippen molar-refractivity contribution in [3.8, 4) is 0 Å². The summed E-state index contributed by atoms with van der Waals surface area (Å²) in [5.74, 6) is 0. The first kappa shape index (κ1) is 41.6. The molecule has 3 aromatic heterocycles. The minimum absolute atomic E-state index is 0.0116. The number of benzene rings is 6. The molecule has 0 bridgehead atoms. The van der Waals surface area contributed by atoms with E-state index in [2.05, 4.69) is 146 Å². The van der Waals surface area contributed by atoms with Crippen molar-refractivity contribution in [2.75, 3.05) is 77.6 Å². The van der Waals surface area contributed by atoms with Gasteiger partial charge in [0.05, 0.1) is 59.5 Å². The first-order chi connectivity index (χ1) is 30.7. The van der Waals surface area contributed by atoms with E-state index in [-0.39, 0.29) is 6.61 Å². The van der Waals surface area contributed by atoms with Gasteiger partial charge in [-0.1, -0.05) is 54.6 Å². The number of aliphatic hydroxyl groups is 1. The smallest absolute Gasteiger partial charge is 0.0701 e. The molecule has 10 heteroatoms. The maximum absolute atomic E-state index is 9.34. The highest BCUT2D eigenvalue weighted by atomic mass is 16.5. The Morgan fingerprint density at radius 1 is 0.371 bits per heavy atom. The van der Waals surface area contributed by atoms with Crippen LogP contribution in [0.4, 0.5) is 17.1 Å². The van der Waals surface area contributed by atoms with E-state index in [1.54, 1.807) is 0 Å². The summed E-state index contributed by atoms with van der Waals surface area (Å²) in [5.41, 5.74) is 10.2. The zero-order chi connectivity index (χ0) is 42.3. The van der Waals surface area contributed by atoms with Crippen LogP contribution in [0.15, 0.2) is 127 Å². The molecule has 6 aromatic carbocycles. The number of nitrogens with zero attached hydrogens (tertiary/aromatic N) is 4. The molecule has 9 aromatic rings. The van der Waals surface area contributed by atoms with Gasteiger partial charge in [0.25, 0.3) is 0 Å². The molecule has 1 N–H and O–H groups in total. The SMILES string of the molecule is CCOCCOCCn1c2ccccc2c2cc(N(c3ccc4c(c3)c3ccccc3n4CCOCCO)c3ccc4c(c3)c3ccccc3n4CCOCCOCC)ccc21. The monoisotopic (exact) mass is 832 g/mol. The Labute approximate surface area is 362 Å². The number of hydrogen-bond acceptors (Lipinski definition) is 7. The van der Waals surface area contributed by atoms with Gasteiger partial charge in [-0.05, 0) is 86.6 Å². The molecular weight excluding hydrogens is 777 g/mol. The molecule has 320 valence electrons. The summed E-state index contributed by atoms with van der Waals surface area (Å²) in [6.45, 7) is 12.0. The molecule has 0 saturated carbocycles. The largest absolute Gasteiger partial charge is 0.394 e. The average molecular weight is 833 g/mol. The minimum Gasteiger partial charge on any atom is -0.394 e. The number of rotatable bonds is 22. The van der Waals surface area contributed by atoms with E-state index < -0.39 is 0 Å². The maximum atomic E-state index is 9.34. The zero-order valence-electron chi connectivity index (χ0n) is 35.8. The van der Waals surface area contributed by atoms with Gasteiger partial charge in [0.2, 0.25) is 0 Å². The summed E-state index contributed by atoms with van der Waals surface area (Å²) in [6, 6.07) is 46.5. The Kier molecular flexibility index (Phi) is 13.1. The van der Waals surface area contributed by atoms with E-state index in [9.17, 15) is 5.11 Å². The average Bonchev–Trinajstić information content (AvgIpc) is 3.92. The van der Waals surface area contributed by atoms with Crippen LogP contribution >= 0.6 is 0 Å². The number of ether oxygens (including phenoxy) is 5. The molecule has 10 nitrogen and oxygen atoms in total. The van der Waals surface area contributed by atoms with Crippen LogP contribution in [-0.4, -0.2) is 91.5 Å². The molecule has 3 heterocycles. The van der Waals surface area contributed by atoms with Crippen LogP contribution in [0.3, 0.4) is 0 Å². The number of aliphatic hydroxyl groups excluding tert-OH is 1. The van der Waals surface area contributed by atoms with Crippen LogP contribution < -0.4 is 4.90 Å². The molecule has 0 amide bonds. The molecule has 9 rings (SSSR count). The van der Waals surface area contributed by atoms with Crippen molar-refractivity contribution < 1.29 is 28.8 Å². The number of para-hydroxylation sites is 3. The molecule has 62 heavy (non-hydrogen) atoms. The second kappa shape index (κ2) is 19.5. The van der Waals surface area contributed by atoms with E-state index in [1.807, 2.05) is 13.8 Å². The van der Waals surface area contributed by atoms with Crippen LogP contribution in [0.25, 0.3) is 65.4 Å². The third kappa shape index (κ3) is 8.30. The summed E-state index contributed by atoms with van der Waals surface area (Å²) in [4.78, 5) is 2.40. The van der Waals surface area contributed by atoms with Gasteiger partial charge in [-0.25, -0.2) is 0 Å². The summed E-state index contributed by atoms with van der Waals surface area (Å²) >= 11 is 0. The lowest BCUT2D eigenvalue weighted by molar-refractivity contribution is 0.0503. The number of hydrogen-bond donors (Lipinski definition) is 1. The third-order valence-electron chi connectivity index (χ3n) is 11.8. The van der Waals surface area contributed by atoms with E-state index in [4.69, 9.17) is 23.7 Å². The standard InChI is InChI=1S/C52H56N4O6/c1-3-58-31-33-61-28-24-54-48-15-9-6-12-42(48)45-36-39(18-21-51(45)54)56(38-17-20-50-44(35-38)41-11-5-8-14-47(41)53(50)23-27-60-30-26-57)40-19-22-52-46(37-40)43-13-7-10-16-49(43)55(52)25-29-62-34-32-59-4-2/h5-22,35-37,57H,3-4,23-34H2,1-2H3. The van der Waals surface area contributed by atoms with Gasteiger partial charge >= 0.3 is 0 Å². The van der Waals surface area contributed by atoms with Gasteiger partial charge in [-0.2, -0.15) is 0 Å². The van der Waals surface area contributed by atoms with Gasteiger partial charge in [0.15, 0.2) is 0 Å². The fourth-order valence-electron chi connectivity index (χ4n) is 9.07. The predicted molar refractivity (Wildman–Crippen MR) is 253 cm³/mol. The van der Waals surface area contributed by atoms with Gasteiger partial charge < -0.3 is 47.4 Å². The molecule has 0 saturated heterocycles. The van der Waals surface area contributed by atoms with Gasteiger partial charge in [-0.15, -0.1) is 0 Å². The molecule has 0 spiro atoms. The van der Waals surface area contributed by atoms with Crippen LogP contribution in [0.2, 0.25) is 0 Å². The van der Waals surface area contributed by atoms with Crippen molar-refractivity contribution in [1.82, 2.24) is 13.7 Å². The highest BCUT2D eigenvalue weighted by Gasteiger charge is 2.21. The molecule has 0 atom stereocenters. The van der Waals surface area contributed by atoms with Crippen molar-refractivity contribution in [3.63, 3.8) is 0 Å². The lowest BCUT2D eigenvalue weighted by atomic mass is 10.1. The Hall–Kier alpha value is -5.72. The van der Waals surface area contributed by atoms with Crippen molar-refractivity contribution in [1.29, 1.82) is 0 Å². The molecule has 0 radical (unpaired) electrons. The molecule has 0 unspecified atom stereocenters. The van der Waals surface area contributed by atoms with Gasteiger partial charge in [0, 0.05) is 115 Å². The molecule has 0 aliphatic carbocycles. The minimum atomic E-state index is 0.0116. The van der Waals surface area contributed by atoms with Gasteiger partial charge in [-0.3, -0.25) is 0 Å². The fraction of sp³-hybridized carbons (Fsp3) is 0.308. The Bertz CT molecular complexity index is 2800. The van der Waals surface area contributed by atoms with E-state index in [0.717, 1.165) is 41.2 Å². The lowest BCUT2D eigenvalue weighted by Crippen LogP contribution is -2.11. The Balaban J connectivity index is 1.17. The van der Waals surface area contributed by atoms with Crippen LogP contribution in [0, 0.1) is 0 Å². The summed E-state index contributed by atoms with van der Waals surface area (Å²) in [6.07, 6.45) is 0. The van der Waals surface area contributed by atoms with Crippen LogP contribution in [-0.2, 0) is 43.3 Å². The van der Waals surface area contributed by atoms with E-state index in [1.165, 1.54) is 54.4 Å². The molecule has 0 aliphatic heterocycles. The second-order valence-corrected chi connectivity index (χ2v) is 15.4. The maximum Gasteiger partial charge on any atom is 0.0701 e. The van der Waals surface area contributed by atoms with Gasteiger partial charge in [0.1, 0.15) is 0 Å². The van der Waals surface area contributed by atoms with Crippen molar-refractivity contribution >= 4 is 82.5 Å². The predicted octanol–water partition coefficient (Wildman–Crippen LogP) is 10.6. The molecule has 0 aliphatic rings. The van der Waals surface area contributed by atoms with Crippen LogP contribution in [0.5, 0.6) is 0 Å². The van der Waals surface area contributed by atoms with Crippen molar-refractivity contribution in [3.05, 3.63) is 127 Å². The fourth-order valence-corrected chi connectivity index (χ4v) is 9.07. The number of fused-ring (bicyclic) bond motifs is 9. The Morgan fingerprint density at radius 3 is 1.05 bits per heavy atom. The molecule has 0 fully saturated rings. The first-order valence-corrected chi connectivity index (χ1v) is 22.0. The highest BCUT2D eigenvalue weighted by Crippen LogP contribution is 2.43. The summed E-state index contributed by atoms with van der Waals surface area (Å²) in [7, 11) is 0. The summed E-state index contributed by atoms with van der Waals surface area (Å²) in [5, 5.41) is 16.5. The van der Waals surface area contributed by atoms with E-state index in [0.29, 0.717) is 72.6 Å².